The van der Waals surface area contributed by atoms with Crippen LogP contribution in [0.2, 0.25) is 0 Å². The van der Waals surface area contributed by atoms with Crippen LogP contribution in [0.25, 0.3) is 0 Å². The molecule has 2 fully saturated rings. The molecule has 0 bridgehead atoms. The number of benzene rings is 1. The van der Waals surface area contributed by atoms with Gasteiger partial charge in [0.15, 0.2) is 0 Å². The Balaban J connectivity index is 1.71. The quantitative estimate of drug-likeness (QED) is 0.772. The van der Waals surface area contributed by atoms with Crippen molar-refractivity contribution < 1.29 is 22.8 Å². The van der Waals surface area contributed by atoms with Crippen molar-refractivity contribution in [2.75, 3.05) is 19.6 Å². The van der Waals surface area contributed by atoms with Crippen LogP contribution in [-0.4, -0.2) is 47.4 Å². The van der Waals surface area contributed by atoms with Gasteiger partial charge in [-0.3, -0.25) is 9.59 Å². The third-order valence-electron chi connectivity index (χ3n) is 5.15. The highest BCUT2D eigenvalue weighted by atomic mass is 19.4. The first-order valence-corrected chi connectivity index (χ1v) is 9.40. The number of nitriles is 1. The smallest absolute Gasteiger partial charge is 0.342 e. The van der Waals surface area contributed by atoms with Crippen LogP contribution in [-0.2, 0) is 16.1 Å². The van der Waals surface area contributed by atoms with E-state index in [4.69, 9.17) is 5.26 Å². The Labute approximate surface area is 161 Å². The van der Waals surface area contributed by atoms with E-state index in [1.165, 1.54) is 12.1 Å². The van der Waals surface area contributed by atoms with Gasteiger partial charge < -0.3 is 9.80 Å². The minimum Gasteiger partial charge on any atom is -0.342 e. The molecule has 150 valence electrons. The van der Waals surface area contributed by atoms with Crippen LogP contribution in [0.3, 0.4) is 0 Å². The number of rotatable bonds is 5. The summed E-state index contributed by atoms with van der Waals surface area (Å²) in [6, 6.07) is 8.09. The Kier molecular flexibility index (Phi) is 5.92. The van der Waals surface area contributed by atoms with Crippen molar-refractivity contribution in [2.45, 2.75) is 38.4 Å². The highest BCUT2D eigenvalue weighted by Crippen LogP contribution is 2.33. The molecule has 5 nitrogen and oxygen atoms in total. The van der Waals surface area contributed by atoms with E-state index < -0.39 is 24.5 Å². The van der Waals surface area contributed by atoms with Gasteiger partial charge in [0.25, 0.3) is 0 Å². The van der Waals surface area contributed by atoms with Gasteiger partial charge in [0.05, 0.1) is 17.6 Å². The number of likely N-dealkylation sites (tertiary alicyclic amines) is 1. The molecule has 1 heterocycles. The molecule has 0 spiro atoms. The topological polar surface area (TPSA) is 64.4 Å². The predicted molar refractivity (Wildman–Crippen MR) is 94.7 cm³/mol. The molecular formula is C20H22F3N3O2. The van der Waals surface area contributed by atoms with E-state index in [-0.39, 0.29) is 24.9 Å². The SMILES string of the molecule is N#Cc1ccc(CN(CC(F)(F)F)C(=O)[C@@H]2CCCN(C(=O)C3CC3)C2)cc1. The van der Waals surface area contributed by atoms with E-state index in [2.05, 4.69) is 0 Å². The second-order valence-electron chi connectivity index (χ2n) is 7.52. The maximum Gasteiger partial charge on any atom is 0.406 e. The van der Waals surface area contributed by atoms with Crippen LogP contribution in [0.1, 0.15) is 36.8 Å². The maximum absolute atomic E-state index is 13.1. The van der Waals surface area contributed by atoms with Gasteiger partial charge in [-0.25, -0.2) is 0 Å². The third kappa shape index (κ3) is 5.24. The van der Waals surface area contributed by atoms with Crippen molar-refractivity contribution in [3.63, 3.8) is 0 Å². The molecule has 1 saturated heterocycles. The van der Waals surface area contributed by atoms with Crippen LogP contribution >= 0.6 is 0 Å². The Bertz CT molecular complexity index is 766. The molecule has 1 saturated carbocycles. The second-order valence-corrected chi connectivity index (χ2v) is 7.52. The number of halogens is 3. The standard InChI is InChI=1S/C20H22F3N3O2/c21-20(22,23)13-26(11-15-5-3-14(10-24)4-6-15)19(28)17-2-1-9-25(12-17)18(27)16-7-8-16/h3-6,16-17H,1-2,7-9,11-13H2/t17-/m1/s1. The van der Waals surface area contributed by atoms with E-state index in [0.717, 1.165) is 17.7 Å². The first kappa shape index (κ1) is 20.2. The Morgan fingerprint density at radius 1 is 1.14 bits per heavy atom. The summed E-state index contributed by atoms with van der Waals surface area (Å²) in [5, 5.41) is 8.84. The molecule has 0 N–H and O–H groups in total. The molecule has 2 aliphatic rings. The summed E-state index contributed by atoms with van der Waals surface area (Å²) in [6.45, 7) is -0.764. The lowest BCUT2D eigenvalue weighted by atomic mass is 9.95. The highest BCUT2D eigenvalue weighted by molar-refractivity contribution is 5.83. The molecule has 0 unspecified atom stereocenters. The van der Waals surface area contributed by atoms with Crippen molar-refractivity contribution in [1.82, 2.24) is 9.80 Å². The lowest BCUT2D eigenvalue weighted by Gasteiger charge is -2.35. The third-order valence-corrected chi connectivity index (χ3v) is 5.15. The number of hydrogen-bond donors (Lipinski definition) is 0. The number of piperidine rings is 1. The second kappa shape index (κ2) is 8.21. The van der Waals surface area contributed by atoms with Crippen LogP contribution in [0.4, 0.5) is 13.2 Å². The Morgan fingerprint density at radius 2 is 1.82 bits per heavy atom. The molecule has 1 atom stereocenters. The number of alkyl halides is 3. The minimum absolute atomic E-state index is 0.0203. The van der Waals surface area contributed by atoms with Crippen LogP contribution in [0.5, 0.6) is 0 Å². The molecule has 1 aliphatic carbocycles. The molecule has 1 aromatic rings. The fourth-order valence-corrected chi connectivity index (χ4v) is 3.56. The molecule has 3 rings (SSSR count). The van der Waals surface area contributed by atoms with Crippen molar-refractivity contribution in [1.29, 1.82) is 5.26 Å². The fourth-order valence-electron chi connectivity index (χ4n) is 3.56. The molecule has 1 aromatic carbocycles. The van der Waals surface area contributed by atoms with Crippen molar-refractivity contribution in [2.24, 2.45) is 11.8 Å². The zero-order valence-electron chi connectivity index (χ0n) is 15.4. The summed E-state index contributed by atoms with van der Waals surface area (Å²) < 4.78 is 39.2. The van der Waals surface area contributed by atoms with Gasteiger partial charge in [-0.05, 0) is 43.4 Å². The molecule has 1 aliphatic heterocycles. The summed E-state index contributed by atoms with van der Waals surface area (Å²) in [4.78, 5) is 27.6. The van der Waals surface area contributed by atoms with Crippen molar-refractivity contribution in [3.8, 4) is 6.07 Å². The zero-order valence-corrected chi connectivity index (χ0v) is 15.4. The van der Waals surface area contributed by atoms with Gasteiger partial charge in [-0.1, -0.05) is 12.1 Å². The molecular weight excluding hydrogens is 371 g/mol. The monoisotopic (exact) mass is 393 g/mol. The van der Waals surface area contributed by atoms with Gasteiger partial charge in [0.1, 0.15) is 6.54 Å². The number of nitrogens with zero attached hydrogens (tertiary/aromatic N) is 3. The fraction of sp³-hybridized carbons (Fsp3) is 0.550. The maximum atomic E-state index is 13.1. The van der Waals surface area contributed by atoms with E-state index in [0.29, 0.717) is 30.5 Å². The number of hydrogen-bond acceptors (Lipinski definition) is 3. The van der Waals surface area contributed by atoms with E-state index in [1.54, 1.807) is 17.0 Å². The van der Waals surface area contributed by atoms with Crippen molar-refractivity contribution >= 4 is 11.8 Å². The first-order chi connectivity index (χ1) is 13.3. The number of amides is 2. The van der Waals surface area contributed by atoms with Crippen molar-refractivity contribution in [3.05, 3.63) is 35.4 Å². The Hall–Kier alpha value is -2.56. The lowest BCUT2D eigenvalue weighted by molar-refractivity contribution is -0.166. The number of carbonyl (C=O) groups excluding carboxylic acids is 2. The average molecular weight is 393 g/mol. The first-order valence-electron chi connectivity index (χ1n) is 9.40. The summed E-state index contributed by atoms with van der Waals surface area (Å²) in [5.74, 6) is -1.14. The zero-order chi connectivity index (χ0) is 20.3. The lowest BCUT2D eigenvalue weighted by Crippen LogP contribution is -2.48. The van der Waals surface area contributed by atoms with Gasteiger partial charge in [0, 0.05) is 25.6 Å². The predicted octanol–water partition coefficient (Wildman–Crippen LogP) is 3.10. The Morgan fingerprint density at radius 3 is 2.39 bits per heavy atom. The van der Waals surface area contributed by atoms with Crippen LogP contribution < -0.4 is 0 Å². The number of carbonyl (C=O) groups is 2. The van der Waals surface area contributed by atoms with Gasteiger partial charge in [0.2, 0.25) is 11.8 Å². The van der Waals surface area contributed by atoms with Gasteiger partial charge in [-0.2, -0.15) is 18.4 Å². The normalized spacial score (nSPS) is 19.8. The van der Waals surface area contributed by atoms with Crippen LogP contribution in [0.15, 0.2) is 24.3 Å². The molecule has 8 heteroatoms. The highest BCUT2D eigenvalue weighted by Gasteiger charge is 2.39. The summed E-state index contributed by atoms with van der Waals surface area (Å²) in [7, 11) is 0. The summed E-state index contributed by atoms with van der Waals surface area (Å²) in [6.07, 6.45) is -1.71. The molecule has 0 radical (unpaired) electrons. The van der Waals surface area contributed by atoms with E-state index in [1.807, 2.05) is 6.07 Å². The largest absolute Gasteiger partial charge is 0.406 e. The molecule has 0 aromatic heterocycles. The minimum atomic E-state index is -4.51. The average Bonchev–Trinajstić information content (AvgIpc) is 3.51. The van der Waals surface area contributed by atoms with Crippen LogP contribution in [0, 0.1) is 23.2 Å². The summed E-state index contributed by atoms with van der Waals surface area (Å²) in [5.41, 5.74) is 0.928. The van der Waals surface area contributed by atoms with Gasteiger partial charge in [-0.15, -0.1) is 0 Å². The van der Waals surface area contributed by atoms with E-state index >= 15 is 0 Å². The van der Waals surface area contributed by atoms with Gasteiger partial charge >= 0.3 is 6.18 Å². The van der Waals surface area contributed by atoms with E-state index in [9.17, 15) is 22.8 Å². The molecule has 2 amide bonds. The summed E-state index contributed by atoms with van der Waals surface area (Å²) >= 11 is 0. The molecule has 28 heavy (non-hydrogen) atoms.